The summed E-state index contributed by atoms with van der Waals surface area (Å²) < 4.78 is 26.0. The Balaban J connectivity index is 2.69. The van der Waals surface area contributed by atoms with Crippen LogP contribution in [0.4, 0.5) is 8.78 Å². The maximum absolute atomic E-state index is 13.2. The maximum atomic E-state index is 13.2. The highest BCUT2D eigenvalue weighted by atomic mass is 19.2. The van der Waals surface area contributed by atoms with Crippen molar-refractivity contribution >= 4 is 11.8 Å². The summed E-state index contributed by atoms with van der Waals surface area (Å²) in [6, 6.07) is 2.16. The lowest BCUT2D eigenvalue weighted by Gasteiger charge is -2.06. The van der Waals surface area contributed by atoms with E-state index in [4.69, 9.17) is 10.8 Å². The Labute approximate surface area is 96.0 Å². The van der Waals surface area contributed by atoms with E-state index in [9.17, 15) is 18.4 Å². The predicted molar refractivity (Wildman–Crippen MR) is 55.3 cm³/mol. The van der Waals surface area contributed by atoms with Gasteiger partial charge in [0.15, 0.2) is 11.6 Å². The molecule has 0 radical (unpaired) electrons. The number of nitrogens with two attached hydrogens (primary N) is 1. The Morgan fingerprint density at radius 3 is 2.59 bits per heavy atom. The second kappa shape index (κ2) is 5.49. The van der Waals surface area contributed by atoms with Crippen molar-refractivity contribution in [3.8, 4) is 0 Å². The number of benzene rings is 1. The topological polar surface area (TPSA) is 80.4 Å². The molecule has 0 heterocycles. The number of halogens is 2. The smallest absolute Gasteiger partial charge is 0.320 e. The maximum Gasteiger partial charge on any atom is 0.320 e. The summed E-state index contributed by atoms with van der Waals surface area (Å²) in [5.74, 6) is -4.00. The number of carbonyl (C=O) groups is 2. The molecule has 92 valence electrons. The Kier molecular flexibility index (Phi) is 4.28. The van der Waals surface area contributed by atoms with Crippen LogP contribution >= 0.6 is 0 Å². The lowest BCUT2D eigenvalue weighted by atomic mass is 10.0. The van der Waals surface area contributed by atoms with Gasteiger partial charge >= 0.3 is 5.97 Å². The van der Waals surface area contributed by atoms with Crippen molar-refractivity contribution in [2.75, 3.05) is 0 Å². The largest absolute Gasteiger partial charge is 0.480 e. The first-order valence-electron chi connectivity index (χ1n) is 4.84. The fraction of sp³-hybridized carbons (Fsp3) is 0.273. The summed E-state index contributed by atoms with van der Waals surface area (Å²) in [6.07, 6.45) is -0.782. The van der Waals surface area contributed by atoms with Crippen molar-refractivity contribution in [1.82, 2.24) is 0 Å². The summed E-state index contributed by atoms with van der Waals surface area (Å²) in [5, 5.41) is 8.48. The Morgan fingerprint density at radius 1 is 1.35 bits per heavy atom. The summed E-state index contributed by atoms with van der Waals surface area (Å²) in [5.41, 5.74) is 5.05. The number of aliphatic carboxylic acids is 1. The molecule has 1 aromatic rings. The van der Waals surface area contributed by atoms with Crippen LogP contribution < -0.4 is 5.73 Å². The van der Waals surface area contributed by atoms with Crippen LogP contribution in [0.25, 0.3) is 0 Å². The quantitative estimate of drug-likeness (QED) is 0.804. The monoisotopic (exact) mass is 243 g/mol. The SMILES string of the molecule is N[C@@H](CC(=O)Cc1cccc(F)c1F)C(=O)O. The fourth-order valence-electron chi connectivity index (χ4n) is 1.30. The minimum Gasteiger partial charge on any atom is -0.480 e. The minimum atomic E-state index is -1.32. The molecular formula is C11H11F2NO3. The van der Waals surface area contributed by atoms with E-state index in [-0.39, 0.29) is 12.0 Å². The normalized spacial score (nSPS) is 12.2. The molecule has 4 nitrogen and oxygen atoms in total. The average Bonchev–Trinajstić information content (AvgIpc) is 2.24. The molecule has 0 aliphatic rings. The van der Waals surface area contributed by atoms with Crippen LogP contribution in [0.5, 0.6) is 0 Å². The number of carboxylic acids is 1. The van der Waals surface area contributed by atoms with Gasteiger partial charge in [0, 0.05) is 12.8 Å². The second-order valence-corrected chi connectivity index (χ2v) is 3.58. The first-order valence-corrected chi connectivity index (χ1v) is 4.84. The minimum absolute atomic E-state index is 0.104. The van der Waals surface area contributed by atoms with Crippen LogP contribution in [0.15, 0.2) is 18.2 Å². The number of hydrogen-bond donors (Lipinski definition) is 2. The van der Waals surface area contributed by atoms with Crippen molar-refractivity contribution < 1.29 is 23.5 Å². The van der Waals surface area contributed by atoms with E-state index < -0.39 is 35.8 Å². The summed E-state index contributed by atoms with van der Waals surface area (Å²) in [4.78, 5) is 21.8. The van der Waals surface area contributed by atoms with Gasteiger partial charge < -0.3 is 10.8 Å². The molecule has 1 aromatic carbocycles. The standard InChI is InChI=1S/C11H11F2NO3/c12-8-3-1-2-6(10(8)13)4-7(15)5-9(14)11(16)17/h1-3,9H,4-5,14H2,(H,16,17)/t9-/m0/s1. The molecule has 17 heavy (non-hydrogen) atoms. The van der Waals surface area contributed by atoms with Crippen LogP contribution in [-0.4, -0.2) is 22.9 Å². The van der Waals surface area contributed by atoms with Crippen molar-refractivity contribution in [2.45, 2.75) is 18.9 Å². The van der Waals surface area contributed by atoms with Crippen LogP contribution in [0.1, 0.15) is 12.0 Å². The molecular weight excluding hydrogens is 232 g/mol. The number of rotatable bonds is 5. The van der Waals surface area contributed by atoms with E-state index in [1.165, 1.54) is 12.1 Å². The van der Waals surface area contributed by atoms with Gasteiger partial charge in [-0.1, -0.05) is 12.1 Å². The molecule has 0 amide bonds. The van der Waals surface area contributed by atoms with Crippen molar-refractivity contribution in [3.63, 3.8) is 0 Å². The molecule has 0 aliphatic carbocycles. The highest BCUT2D eigenvalue weighted by Crippen LogP contribution is 2.13. The van der Waals surface area contributed by atoms with Crippen molar-refractivity contribution in [3.05, 3.63) is 35.4 Å². The van der Waals surface area contributed by atoms with Gasteiger partial charge in [-0.2, -0.15) is 0 Å². The fourth-order valence-corrected chi connectivity index (χ4v) is 1.30. The van der Waals surface area contributed by atoms with Crippen LogP contribution in [0, 0.1) is 11.6 Å². The molecule has 0 unspecified atom stereocenters. The molecule has 1 rings (SSSR count). The number of Topliss-reactive ketones (excluding diaryl/α,β-unsaturated/α-hetero) is 1. The predicted octanol–water partition coefficient (Wildman–Crippen LogP) is 0.878. The van der Waals surface area contributed by atoms with Crippen LogP contribution in [0.3, 0.4) is 0 Å². The van der Waals surface area contributed by atoms with Gasteiger partial charge in [-0.25, -0.2) is 8.78 Å². The third-order valence-corrected chi connectivity index (χ3v) is 2.18. The zero-order valence-electron chi connectivity index (χ0n) is 8.82. The first kappa shape index (κ1) is 13.2. The molecule has 0 fully saturated rings. The Morgan fingerprint density at radius 2 is 2.00 bits per heavy atom. The van der Waals surface area contributed by atoms with Gasteiger partial charge in [0.05, 0.1) is 0 Å². The second-order valence-electron chi connectivity index (χ2n) is 3.58. The third kappa shape index (κ3) is 3.60. The van der Waals surface area contributed by atoms with Gasteiger partial charge in [0.2, 0.25) is 0 Å². The number of hydrogen-bond acceptors (Lipinski definition) is 3. The van der Waals surface area contributed by atoms with Gasteiger partial charge in [0.1, 0.15) is 11.8 Å². The first-order chi connectivity index (χ1) is 7.91. The summed E-state index contributed by atoms with van der Waals surface area (Å²) in [6.45, 7) is 0. The lowest BCUT2D eigenvalue weighted by Crippen LogP contribution is -2.33. The molecule has 0 bridgehead atoms. The molecule has 0 aromatic heterocycles. The Bertz CT molecular complexity index is 448. The van der Waals surface area contributed by atoms with E-state index in [1.807, 2.05) is 0 Å². The number of carbonyl (C=O) groups excluding carboxylic acids is 1. The highest BCUT2D eigenvalue weighted by Gasteiger charge is 2.18. The van der Waals surface area contributed by atoms with E-state index in [2.05, 4.69) is 0 Å². The molecule has 0 saturated carbocycles. The zero-order valence-corrected chi connectivity index (χ0v) is 8.82. The molecule has 0 aliphatic heterocycles. The van der Waals surface area contributed by atoms with E-state index in [0.29, 0.717) is 0 Å². The molecule has 0 saturated heterocycles. The number of ketones is 1. The zero-order chi connectivity index (χ0) is 13.0. The third-order valence-electron chi connectivity index (χ3n) is 2.18. The lowest BCUT2D eigenvalue weighted by molar-refractivity contribution is -0.140. The van der Waals surface area contributed by atoms with Crippen molar-refractivity contribution in [2.24, 2.45) is 5.73 Å². The number of carboxylic acid groups (broad SMARTS) is 1. The van der Waals surface area contributed by atoms with Gasteiger partial charge in [-0.15, -0.1) is 0 Å². The highest BCUT2D eigenvalue weighted by molar-refractivity contribution is 5.86. The van der Waals surface area contributed by atoms with Crippen molar-refractivity contribution in [1.29, 1.82) is 0 Å². The van der Waals surface area contributed by atoms with Gasteiger partial charge in [-0.3, -0.25) is 9.59 Å². The van der Waals surface area contributed by atoms with Gasteiger partial charge in [0.25, 0.3) is 0 Å². The molecule has 1 atom stereocenters. The molecule has 6 heteroatoms. The summed E-state index contributed by atoms with van der Waals surface area (Å²) in [7, 11) is 0. The van der Waals surface area contributed by atoms with E-state index >= 15 is 0 Å². The molecule has 0 spiro atoms. The van der Waals surface area contributed by atoms with E-state index in [0.717, 1.165) is 6.07 Å². The summed E-state index contributed by atoms with van der Waals surface area (Å²) >= 11 is 0. The average molecular weight is 243 g/mol. The van der Waals surface area contributed by atoms with Gasteiger partial charge in [-0.05, 0) is 11.6 Å². The van der Waals surface area contributed by atoms with Crippen LogP contribution in [0.2, 0.25) is 0 Å². The van der Waals surface area contributed by atoms with E-state index in [1.54, 1.807) is 0 Å². The van der Waals surface area contributed by atoms with Crippen LogP contribution in [-0.2, 0) is 16.0 Å². The Hall–Kier alpha value is -1.82. The molecule has 3 N–H and O–H groups in total.